The van der Waals surface area contributed by atoms with Crippen LogP contribution >= 0.6 is 0 Å². The van der Waals surface area contributed by atoms with E-state index in [1.54, 1.807) is 0 Å². The summed E-state index contributed by atoms with van der Waals surface area (Å²) in [5, 5.41) is 23.5. The summed E-state index contributed by atoms with van der Waals surface area (Å²) in [6.45, 7) is 0.890. The van der Waals surface area contributed by atoms with Crippen LogP contribution in [0, 0.1) is 0 Å². The Labute approximate surface area is 101 Å². The molecule has 1 atom stereocenters. The molecule has 0 fully saturated rings. The van der Waals surface area contributed by atoms with Crippen molar-refractivity contribution in [3.05, 3.63) is 48.0 Å². The first-order valence-electron chi connectivity index (χ1n) is 5.77. The van der Waals surface area contributed by atoms with E-state index >= 15 is 0 Å². The van der Waals surface area contributed by atoms with Gasteiger partial charge < -0.3 is 15.5 Å². The zero-order chi connectivity index (χ0) is 12.1. The molecule has 0 spiro atoms. The van der Waals surface area contributed by atoms with Crippen LogP contribution in [0.2, 0.25) is 0 Å². The van der Waals surface area contributed by atoms with Crippen LogP contribution in [-0.2, 0) is 6.54 Å². The van der Waals surface area contributed by atoms with Crippen LogP contribution in [0.1, 0.15) is 5.56 Å². The molecule has 0 aliphatic heterocycles. The zero-order valence-corrected chi connectivity index (χ0v) is 9.63. The van der Waals surface area contributed by atoms with Crippen molar-refractivity contribution in [1.82, 2.24) is 5.32 Å². The van der Waals surface area contributed by atoms with E-state index in [-0.39, 0.29) is 6.61 Å². The molecule has 0 aliphatic rings. The SMILES string of the molecule is OCC(O)CNCc1cccc2ccccc12. The summed E-state index contributed by atoms with van der Waals surface area (Å²) in [7, 11) is 0. The van der Waals surface area contributed by atoms with Crippen molar-refractivity contribution < 1.29 is 10.2 Å². The molecule has 0 saturated heterocycles. The quantitative estimate of drug-likeness (QED) is 0.726. The maximum atomic E-state index is 9.24. The highest BCUT2D eigenvalue weighted by Crippen LogP contribution is 2.17. The molecule has 2 rings (SSSR count). The third-order valence-corrected chi connectivity index (χ3v) is 2.79. The van der Waals surface area contributed by atoms with E-state index in [9.17, 15) is 5.11 Å². The Morgan fingerprint density at radius 3 is 2.65 bits per heavy atom. The van der Waals surface area contributed by atoms with Crippen molar-refractivity contribution in [3.63, 3.8) is 0 Å². The summed E-state index contributed by atoms with van der Waals surface area (Å²) in [6.07, 6.45) is -0.690. The minimum Gasteiger partial charge on any atom is -0.394 e. The van der Waals surface area contributed by atoms with E-state index in [0.29, 0.717) is 13.1 Å². The number of benzene rings is 2. The lowest BCUT2D eigenvalue weighted by atomic mass is 10.0. The minimum absolute atomic E-state index is 0.206. The molecule has 0 radical (unpaired) electrons. The highest BCUT2D eigenvalue weighted by atomic mass is 16.3. The Morgan fingerprint density at radius 2 is 1.82 bits per heavy atom. The molecule has 1 unspecified atom stereocenters. The van der Waals surface area contributed by atoms with Crippen LogP contribution in [0.3, 0.4) is 0 Å². The minimum atomic E-state index is -0.690. The number of aliphatic hydroxyl groups is 2. The summed E-state index contributed by atoms with van der Waals surface area (Å²) in [5.41, 5.74) is 1.20. The molecule has 0 aromatic heterocycles. The van der Waals surface area contributed by atoms with Gasteiger partial charge in [0, 0.05) is 13.1 Å². The van der Waals surface area contributed by atoms with Crippen molar-refractivity contribution in [2.24, 2.45) is 0 Å². The molecule has 3 N–H and O–H groups in total. The highest BCUT2D eigenvalue weighted by molar-refractivity contribution is 5.85. The van der Waals surface area contributed by atoms with Gasteiger partial charge in [-0.2, -0.15) is 0 Å². The predicted octanol–water partition coefficient (Wildman–Crippen LogP) is 1.28. The van der Waals surface area contributed by atoms with Crippen LogP contribution in [0.25, 0.3) is 10.8 Å². The lowest BCUT2D eigenvalue weighted by molar-refractivity contribution is 0.0942. The predicted molar refractivity (Wildman–Crippen MR) is 68.7 cm³/mol. The third-order valence-electron chi connectivity index (χ3n) is 2.79. The van der Waals surface area contributed by atoms with E-state index in [0.717, 1.165) is 0 Å². The van der Waals surface area contributed by atoms with Gasteiger partial charge in [-0.3, -0.25) is 0 Å². The molecule has 90 valence electrons. The van der Waals surface area contributed by atoms with Gasteiger partial charge in [0.2, 0.25) is 0 Å². The normalized spacial score (nSPS) is 12.8. The molecule has 0 heterocycles. The highest BCUT2D eigenvalue weighted by Gasteiger charge is 2.02. The molecular formula is C14H17NO2. The standard InChI is InChI=1S/C14H17NO2/c16-10-13(17)9-15-8-12-6-3-5-11-4-1-2-7-14(11)12/h1-7,13,15-17H,8-10H2. The van der Waals surface area contributed by atoms with Gasteiger partial charge in [-0.25, -0.2) is 0 Å². The van der Waals surface area contributed by atoms with Crippen LogP contribution in [-0.4, -0.2) is 29.5 Å². The first-order chi connectivity index (χ1) is 8.31. The molecule has 0 amide bonds. The number of hydrogen-bond acceptors (Lipinski definition) is 3. The average molecular weight is 231 g/mol. The number of nitrogens with one attached hydrogen (secondary N) is 1. The fourth-order valence-electron chi connectivity index (χ4n) is 1.88. The number of aliphatic hydroxyl groups excluding tert-OH is 2. The molecule has 2 aromatic carbocycles. The summed E-state index contributed by atoms with van der Waals surface area (Å²) >= 11 is 0. The van der Waals surface area contributed by atoms with Gasteiger partial charge in [0.1, 0.15) is 0 Å². The molecule has 3 heteroatoms. The topological polar surface area (TPSA) is 52.5 Å². The van der Waals surface area contributed by atoms with E-state index in [2.05, 4.69) is 29.6 Å². The summed E-state index contributed by atoms with van der Waals surface area (Å²) in [5.74, 6) is 0. The Morgan fingerprint density at radius 1 is 1.06 bits per heavy atom. The maximum absolute atomic E-state index is 9.24. The van der Waals surface area contributed by atoms with Crippen LogP contribution in [0.15, 0.2) is 42.5 Å². The van der Waals surface area contributed by atoms with Gasteiger partial charge in [-0.15, -0.1) is 0 Å². The second-order valence-electron chi connectivity index (χ2n) is 4.11. The van der Waals surface area contributed by atoms with Gasteiger partial charge in [0.15, 0.2) is 0 Å². The second kappa shape index (κ2) is 5.77. The Kier molecular flexibility index (Phi) is 4.09. The summed E-state index contributed by atoms with van der Waals surface area (Å²) in [4.78, 5) is 0. The van der Waals surface area contributed by atoms with Crippen molar-refractivity contribution in [3.8, 4) is 0 Å². The number of fused-ring (bicyclic) bond motifs is 1. The van der Waals surface area contributed by atoms with E-state index < -0.39 is 6.10 Å². The van der Waals surface area contributed by atoms with Crippen molar-refractivity contribution in [2.75, 3.05) is 13.2 Å². The van der Waals surface area contributed by atoms with Crippen LogP contribution in [0.4, 0.5) is 0 Å². The molecule has 17 heavy (non-hydrogen) atoms. The summed E-state index contributed by atoms with van der Waals surface area (Å²) < 4.78 is 0. The molecular weight excluding hydrogens is 214 g/mol. The molecule has 2 aromatic rings. The monoisotopic (exact) mass is 231 g/mol. The number of hydrogen-bond donors (Lipinski definition) is 3. The Hall–Kier alpha value is -1.42. The first-order valence-corrected chi connectivity index (χ1v) is 5.77. The van der Waals surface area contributed by atoms with E-state index in [1.807, 2.05) is 18.2 Å². The maximum Gasteiger partial charge on any atom is 0.0895 e. The van der Waals surface area contributed by atoms with Crippen molar-refractivity contribution in [2.45, 2.75) is 12.6 Å². The lowest BCUT2D eigenvalue weighted by Gasteiger charge is -2.10. The van der Waals surface area contributed by atoms with Crippen LogP contribution in [0.5, 0.6) is 0 Å². The van der Waals surface area contributed by atoms with Gasteiger partial charge in [0.25, 0.3) is 0 Å². The average Bonchev–Trinajstić information content (AvgIpc) is 2.39. The van der Waals surface area contributed by atoms with Crippen LogP contribution < -0.4 is 5.32 Å². The fourth-order valence-corrected chi connectivity index (χ4v) is 1.88. The van der Waals surface area contributed by atoms with Gasteiger partial charge in [0.05, 0.1) is 12.7 Å². The van der Waals surface area contributed by atoms with Crippen molar-refractivity contribution >= 4 is 10.8 Å². The van der Waals surface area contributed by atoms with Gasteiger partial charge in [-0.05, 0) is 16.3 Å². The van der Waals surface area contributed by atoms with Gasteiger partial charge in [-0.1, -0.05) is 42.5 Å². The Bertz CT molecular complexity index is 479. The van der Waals surface area contributed by atoms with E-state index in [4.69, 9.17) is 5.11 Å². The summed E-state index contributed by atoms with van der Waals surface area (Å²) in [6, 6.07) is 14.4. The largest absolute Gasteiger partial charge is 0.394 e. The Balaban J connectivity index is 2.08. The number of rotatable bonds is 5. The molecule has 3 nitrogen and oxygen atoms in total. The second-order valence-corrected chi connectivity index (χ2v) is 4.11. The van der Waals surface area contributed by atoms with Crippen molar-refractivity contribution in [1.29, 1.82) is 0 Å². The lowest BCUT2D eigenvalue weighted by Crippen LogP contribution is -2.28. The molecule has 0 saturated carbocycles. The molecule has 0 aliphatic carbocycles. The fraction of sp³-hybridized carbons (Fsp3) is 0.286. The molecule has 0 bridgehead atoms. The zero-order valence-electron chi connectivity index (χ0n) is 9.63. The first kappa shape index (κ1) is 12.0. The third kappa shape index (κ3) is 3.03. The van der Waals surface area contributed by atoms with Gasteiger partial charge >= 0.3 is 0 Å². The smallest absolute Gasteiger partial charge is 0.0895 e. The van der Waals surface area contributed by atoms with E-state index in [1.165, 1.54) is 16.3 Å².